The Hall–Kier alpha value is -2.11. The molecule has 0 saturated heterocycles. The molecule has 6 nitrogen and oxygen atoms in total. The maximum Gasteiger partial charge on any atom is 0.306 e. The van der Waals surface area contributed by atoms with Gasteiger partial charge in [0.1, 0.15) is 5.75 Å². The lowest BCUT2D eigenvalue weighted by Crippen LogP contribution is -2.12. The molecule has 1 N–H and O–H groups in total. The number of nitrogens with zero attached hydrogens (tertiary/aromatic N) is 1. The lowest BCUT2D eigenvalue weighted by molar-refractivity contribution is -0.385. The van der Waals surface area contributed by atoms with Gasteiger partial charge in [-0.05, 0) is 18.1 Å². The number of aliphatic carboxylic acids is 1. The molecule has 0 aliphatic heterocycles. The number of hydrogen-bond acceptors (Lipinski definition) is 4. The molecular weight excluding hydrogens is 226 g/mol. The van der Waals surface area contributed by atoms with E-state index in [1.165, 1.54) is 19.2 Å². The Morgan fingerprint density at radius 3 is 2.65 bits per heavy atom. The van der Waals surface area contributed by atoms with Gasteiger partial charge in [-0.25, -0.2) is 0 Å². The van der Waals surface area contributed by atoms with Crippen LogP contribution in [0.4, 0.5) is 5.69 Å². The second-order valence-corrected chi connectivity index (χ2v) is 3.74. The van der Waals surface area contributed by atoms with Gasteiger partial charge in [0.15, 0.2) is 0 Å². The second-order valence-electron chi connectivity index (χ2n) is 3.74. The molecule has 0 bridgehead atoms. The summed E-state index contributed by atoms with van der Waals surface area (Å²) in [6.07, 6.45) is 0.230. The van der Waals surface area contributed by atoms with Crippen LogP contribution in [0, 0.1) is 16.0 Å². The van der Waals surface area contributed by atoms with Crippen LogP contribution in [0.15, 0.2) is 18.2 Å². The summed E-state index contributed by atoms with van der Waals surface area (Å²) >= 11 is 0. The van der Waals surface area contributed by atoms with E-state index in [9.17, 15) is 14.9 Å². The third-order valence-electron chi connectivity index (χ3n) is 2.36. The molecule has 0 heterocycles. The first kappa shape index (κ1) is 13.0. The van der Waals surface area contributed by atoms with Crippen LogP contribution >= 0.6 is 0 Å². The normalized spacial score (nSPS) is 11.9. The molecular formula is C11H13NO5. The summed E-state index contributed by atoms with van der Waals surface area (Å²) in [4.78, 5) is 20.9. The highest BCUT2D eigenvalue weighted by atomic mass is 16.6. The topological polar surface area (TPSA) is 89.7 Å². The van der Waals surface area contributed by atoms with Crippen LogP contribution in [0.3, 0.4) is 0 Å². The van der Waals surface area contributed by atoms with Crippen molar-refractivity contribution in [2.45, 2.75) is 13.3 Å². The molecule has 0 fully saturated rings. The molecule has 6 heteroatoms. The zero-order valence-electron chi connectivity index (χ0n) is 9.54. The molecule has 1 atom stereocenters. The van der Waals surface area contributed by atoms with Crippen molar-refractivity contribution in [1.82, 2.24) is 0 Å². The van der Waals surface area contributed by atoms with Crippen LogP contribution in [-0.4, -0.2) is 23.1 Å². The van der Waals surface area contributed by atoms with Crippen molar-refractivity contribution in [3.8, 4) is 5.75 Å². The fraction of sp³-hybridized carbons (Fsp3) is 0.364. The van der Waals surface area contributed by atoms with E-state index in [0.29, 0.717) is 11.3 Å². The summed E-state index contributed by atoms with van der Waals surface area (Å²) in [5, 5.41) is 19.5. The van der Waals surface area contributed by atoms with Gasteiger partial charge >= 0.3 is 5.97 Å². The van der Waals surface area contributed by atoms with Crippen molar-refractivity contribution in [1.29, 1.82) is 0 Å². The third kappa shape index (κ3) is 3.44. The number of benzene rings is 1. The minimum absolute atomic E-state index is 0.100. The highest BCUT2D eigenvalue weighted by Crippen LogP contribution is 2.24. The van der Waals surface area contributed by atoms with E-state index in [1.54, 1.807) is 13.0 Å². The number of carboxylic acids is 1. The average molecular weight is 239 g/mol. The number of rotatable bonds is 5. The Morgan fingerprint density at radius 2 is 2.18 bits per heavy atom. The van der Waals surface area contributed by atoms with Crippen molar-refractivity contribution < 1.29 is 19.6 Å². The molecule has 0 aliphatic rings. The lowest BCUT2D eigenvalue weighted by atomic mass is 10.0. The van der Waals surface area contributed by atoms with E-state index in [0.717, 1.165) is 0 Å². The minimum atomic E-state index is -0.935. The van der Waals surface area contributed by atoms with E-state index in [2.05, 4.69) is 0 Å². The Morgan fingerprint density at radius 1 is 1.53 bits per heavy atom. The third-order valence-corrected chi connectivity index (χ3v) is 2.36. The number of nitro groups is 1. The van der Waals surface area contributed by atoms with Crippen LogP contribution < -0.4 is 4.74 Å². The smallest absolute Gasteiger partial charge is 0.306 e. The van der Waals surface area contributed by atoms with Crippen LogP contribution in [0.5, 0.6) is 5.75 Å². The number of carbonyl (C=O) groups is 1. The van der Waals surface area contributed by atoms with Crippen LogP contribution in [0.1, 0.15) is 12.5 Å². The molecule has 17 heavy (non-hydrogen) atoms. The van der Waals surface area contributed by atoms with E-state index in [4.69, 9.17) is 9.84 Å². The molecule has 0 aliphatic carbocycles. The Balaban J connectivity index is 3.02. The van der Waals surface area contributed by atoms with Gasteiger partial charge in [0.25, 0.3) is 5.69 Å². The van der Waals surface area contributed by atoms with E-state index in [-0.39, 0.29) is 12.1 Å². The van der Waals surface area contributed by atoms with Crippen molar-refractivity contribution in [2.24, 2.45) is 5.92 Å². The van der Waals surface area contributed by atoms with Crippen molar-refractivity contribution in [2.75, 3.05) is 7.11 Å². The largest absolute Gasteiger partial charge is 0.496 e. The van der Waals surface area contributed by atoms with Gasteiger partial charge in [-0.15, -0.1) is 0 Å². The molecule has 1 aromatic carbocycles. The maximum absolute atomic E-state index is 10.7. The first-order valence-corrected chi connectivity index (χ1v) is 4.99. The van der Waals surface area contributed by atoms with Gasteiger partial charge in [-0.1, -0.05) is 6.92 Å². The van der Waals surface area contributed by atoms with E-state index >= 15 is 0 Å². The number of carboxylic acid groups (broad SMARTS) is 1. The Kier molecular flexibility index (Phi) is 4.03. The zero-order chi connectivity index (χ0) is 13.0. The van der Waals surface area contributed by atoms with Gasteiger partial charge in [0.2, 0.25) is 0 Å². The van der Waals surface area contributed by atoms with Crippen molar-refractivity contribution >= 4 is 11.7 Å². The van der Waals surface area contributed by atoms with Crippen molar-refractivity contribution in [3.63, 3.8) is 0 Å². The molecule has 0 saturated carbocycles. The van der Waals surface area contributed by atoms with Crippen molar-refractivity contribution in [3.05, 3.63) is 33.9 Å². The standard InChI is InChI=1S/C11H13NO5/c1-7(11(13)14)3-8-4-9(12(15)16)6-10(5-8)17-2/h4-7H,3H2,1-2H3,(H,13,14). The van der Waals surface area contributed by atoms with Gasteiger partial charge in [0.05, 0.1) is 24.0 Å². The molecule has 1 aromatic rings. The van der Waals surface area contributed by atoms with Crippen LogP contribution in [0.2, 0.25) is 0 Å². The second kappa shape index (κ2) is 5.29. The SMILES string of the molecule is COc1cc(CC(C)C(=O)O)cc([N+](=O)[O-])c1. The number of non-ortho nitro benzene ring substituents is 1. The highest BCUT2D eigenvalue weighted by molar-refractivity contribution is 5.70. The first-order chi connectivity index (χ1) is 7.93. The van der Waals surface area contributed by atoms with E-state index in [1.807, 2.05) is 0 Å². The monoisotopic (exact) mass is 239 g/mol. The summed E-state index contributed by atoms with van der Waals surface area (Å²) in [5.74, 6) is -1.18. The molecule has 0 amide bonds. The molecule has 1 rings (SSSR count). The quantitative estimate of drug-likeness (QED) is 0.625. The maximum atomic E-state index is 10.7. The number of ether oxygens (including phenoxy) is 1. The predicted molar refractivity (Wildman–Crippen MR) is 60.2 cm³/mol. The highest BCUT2D eigenvalue weighted by Gasteiger charge is 2.15. The molecule has 0 radical (unpaired) electrons. The summed E-state index contributed by atoms with van der Waals surface area (Å²) in [7, 11) is 1.41. The number of methoxy groups -OCH3 is 1. The Labute approximate surface area is 98.0 Å². The number of nitro benzene ring substituents is 1. The number of hydrogen-bond donors (Lipinski definition) is 1. The fourth-order valence-corrected chi connectivity index (χ4v) is 1.43. The summed E-state index contributed by atoms with van der Waals surface area (Å²) in [5.41, 5.74) is 0.475. The molecule has 0 aromatic heterocycles. The van der Waals surface area contributed by atoms with E-state index < -0.39 is 16.8 Å². The zero-order valence-corrected chi connectivity index (χ0v) is 9.54. The summed E-state index contributed by atoms with van der Waals surface area (Å²) < 4.78 is 4.94. The summed E-state index contributed by atoms with van der Waals surface area (Å²) in [6.45, 7) is 1.55. The van der Waals surface area contributed by atoms with Crippen LogP contribution in [-0.2, 0) is 11.2 Å². The predicted octanol–water partition coefficient (Wildman–Crippen LogP) is 1.87. The van der Waals surface area contributed by atoms with Gasteiger partial charge in [-0.3, -0.25) is 14.9 Å². The van der Waals surface area contributed by atoms with Gasteiger partial charge in [-0.2, -0.15) is 0 Å². The van der Waals surface area contributed by atoms with Gasteiger partial charge in [0, 0.05) is 6.07 Å². The average Bonchev–Trinajstić information content (AvgIpc) is 2.28. The first-order valence-electron chi connectivity index (χ1n) is 4.99. The van der Waals surface area contributed by atoms with Gasteiger partial charge < -0.3 is 9.84 Å². The lowest BCUT2D eigenvalue weighted by Gasteiger charge is -2.08. The molecule has 1 unspecified atom stereocenters. The molecule has 92 valence electrons. The fourth-order valence-electron chi connectivity index (χ4n) is 1.43. The minimum Gasteiger partial charge on any atom is -0.496 e. The molecule has 0 spiro atoms. The van der Waals surface area contributed by atoms with Crippen LogP contribution in [0.25, 0.3) is 0 Å². The Bertz CT molecular complexity index is 443. The summed E-state index contributed by atoms with van der Waals surface area (Å²) in [6, 6.07) is 4.27.